The maximum Gasteiger partial charge on any atom is 0.189 e. The van der Waals surface area contributed by atoms with Crippen molar-refractivity contribution in [3.05, 3.63) is 33.5 Å². The molecule has 2 rings (SSSR count). The van der Waals surface area contributed by atoms with E-state index in [0.29, 0.717) is 0 Å². The van der Waals surface area contributed by atoms with Crippen LogP contribution in [0.1, 0.15) is 124 Å². The van der Waals surface area contributed by atoms with Crippen molar-refractivity contribution < 1.29 is 0 Å². The number of aryl methyl sites for hydroxylation is 3. The second-order valence-corrected chi connectivity index (χ2v) is 9.61. The Bertz CT molecular complexity index is 879. The summed E-state index contributed by atoms with van der Waals surface area (Å²) in [5, 5.41) is 11.3. The largest absolute Gasteiger partial charge is 0.251 e. The van der Waals surface area contributed by atoms with Crippen LogP contribution in [0.4, 0.5) is 0 Å². The Morgan fingerprint density at radius 1 is 0.613 bits per heavy atom. The van der Waals surface area contributed by atoms with E-state index in [2.05, 4.69) is 47.7 Å². The average molecular weight is 423 g/mol. The van der Waals surface area contributed by atoms with Crippen molar-refractivity contribution in [2.45, 2.75) is 131 Å². The van der Waals surface area contributed by atoms with Crippen LogP contribution in [0.3, 0.4) is 0 Å². The molecule has 2 heteroatoms. The third-order valence-corrected chi connectivity index (χ3v) is 7.41. The molecule has 0 spiro atoms. The Hall–Kier alpha value is -1.75. The number of rotatable bonds is 14. The molecule has 0 bridgehead atoms. The van der Waals surface area contributed by atoms with Crippen LogP contribution in [0.5, 0.6) is 0 Å². The Kier molecular flexibility index (Phi) is 10.7. The second kappa shape index (κ2) is 12.9. The van der Waals surface area contributed by atoms with E-state index in [0.717, 1.165) is 18.5 Å². The van der Waals surface area contributed by atoms with Crippen LogP contribution in [-0.4, -0.2) is 4.57 Å². The van der Waals surface area contributed by atoms with E-state index < -0.39 is 0 Å². The van der Waals surface area contributed by atoms with Crippen molar-refractivity contribution in [2.75, 3.05) is 0 Å². The summed E-state index contributed by atoms with van der Waals surface area (Å²) in [7, 11) is 0. The molecule has 0 unspecified atom stereocenters. The van der Waals surface area contributed by atoms with Gasteiger partial charge in [-0.15, -0.1) is 0 Å². The van der Waals surface area contributed by atoms with Crippen molar-refractivity contribution in [1.82, 2.24) is 4.57 Å². The molecule has 0 aliphatic heterocycles. The van der Waals surface area contributed by atoms with E-state index >= 15 is 0 Å². The number of aromatic nitrogens is 1. The minimum atomic E-state index is 1.11. The van der Waals surface area contributed by atoms with E-state index in [1.807, 2.05) is 4.57 Å². The Morgan fingerprint density at radius 2 is 1.10 bits per heavy atom. The van der Waals surface area contributed by atoms with Crippen molar-refractivity contribution in [3.8, 4) is 6.19 Å². The van der Waals surface area contributed by atoms with Crippen molar-refractivity contribution in [1.29, 1.82) is 5.26 Å². The van der Waals surface area contributed by atoms with E-state index in [1.54, 1.807) is 5.56 Å². The van der Waals surface area contributed by atoms with Gasteiger partial charge in [0.1, 0.15) is 0 Å². The Morgan fingerprint density at radius 3 is 1.61 bits per heavy atom. The van der Waals surface area contributed by atoms with Gasteiger partial charge in [-0.2, -0.15) is 5.26 Å². The summed E-state index contributed by atoms with van der Waals surface area (Å²) >= 11 is 0. The van der Waals surface area contributed by atoms with Crippen LogP contribution in [-0.2, 0) is 12.8 Å². The van der Waals surface area contributed by atoms with Crippen LogP contribution >= 0.6 is 0 Å². The van der Waals surface area contributed by atoms with Crippen LogP contribution in [0.15, 0.2) is 0 Å². The van der Waals surface area contributed by atoms with Crippen molar-refractivity contribution in [2.24, 2.45) is 0 Å². The first-order chi connectivity index (χ1) is 15.0. The zero-order valence-electron chi connectivity index (χ0n) is 21.3. The normalized spacial score (nSPS) is 11.4. The van der Waals surface area contributed by atoms with Crippen LogP contribution in [0.25, 0.3) is 10.9 Å². The minimum absolute atomic E-state index is 1.11. The van der Waals surface area contributed by atoms with Gasteiger partial charge in [0.25, 0.3) is 0 Å². The monoisotopic (exact) mass is 422 g/mol. The van der Waals surface area contributed by atoms with Gasteiger partial charge in [0, 0.05) is 11.1 Å². The maximum atomic E-state index is 9.98. The first kappa shape index (κ1) is 25.5. The van der Waals surface area contributed by atoms with Gasteiger partial charge in [0.05, 0.1) is 5.52 Å². The molecule has 1 aromatic heterocycles. The third kappa shape index (κ3) is 6.15. The van der Waals surface area contributed by atoms with Crippen LogP contribution in [0.2, 0.25) is 0 Å². The fourth-order valence-corrected chi connectivity index (χ4v) is 5.23. The number of benzene rings is 1. The number of hydrogen-bond donors (Lipinski definition) is 0. The molecular formula is C29H46N2. The molecule has 0 N–H and O–H groups in total. The predicted octanol–water partition coefficient (Wildman–Crippen LogP) is 9.01. The van der Waals surface area contributed by atoms with Crippen molar-refractivity contribution >= 4 is 10.9 Å². The molecule has 31 heavy (non-hydrogen) atoms. The summed E-state index contributed by atoms with van der Waals surface area (Å²) in [4.78, 5) is 0. The first-order valence-corrected chi connectivity index (χ1v) is 13.0. The molecule has 0 amide bonds. The van der Waals surface area contributed by atoms with Gasteiger partial charge < -0.3 is 0 Å². The summed E-state index contributed by atoms with van der Waals surface area (Å²) in [6.07, 6.45) is 20.6. The zero-order chi connectivity index (χ0) is 22.8. The highest BCUT2D eigenvalue weighted by Gasteiger charge is 2.21. The highest BCUT2D eigenvalue weighted by atomic mass is 15.0. The molecule has 2 aromatic rings. The standard InChI is InChI=1S/C29H46N2/c1-7-9-11-13-15-17-19-26-22(3)23(4)28-24(5)25(6)31(21-30)29(28)27(26)20-18-16-14-12-10-8-2/h7-20H2,1-6H3. The van der Waals surface area contributed by atoms with Crippen LogP contribution < -0.4 is 0 Å². The van der Waals surface area contributed by atoms with E-state index in [9.17, 15) is 5.26 Å². The highest BCUT2D eigenvalue weighted by Crippen LogP contribution is 2.37. The Labute approximate surface area is 192 Å². The molecule has 0 saturated carbocycles. The van der Waals surface area contributed by atoms with E-state index in [-0.39, 0.29) is 0 Å². The molecule has 0 aliphatic carbocycles. The Balaban J connectivity index is 2.35. The van der Waals surface area contributed by atoms with Gasteiger partial charge in [-0.05, 0) is 81.2 Å². The number of unbranched alkanes of at least 4 members (excludes halogenated alkanes) is 10. The van der Waals surface area contributed by atoms with Crippen LogP contribution in [0, 0.1) is 39.1 Å². The zero-order valence-corrected chi connectivity index (χ0v) is 21.3. The third-order valence-electron chi connectivity index (χ3n) is 7.41. The molecule has 2 nitrogen and oxygen atoms in total. The summed E-state index contributed by atoms with van der Waals surface area (Å²) in [6.45, 7) is 13.5. The summed E-state index contributed by atoms with van der Waals surface area (Å²) in [5.41, 5.74) is 9.49. The summed E-state index contributed by atoms with van der Waals surface area (Å²) in [6, 6.07) is 0. The lowest BCUT2D eigenvalue weighted by Gasteiger charge is -2.19. The van der Waals surface area contributed by atoms with Gasteiger partial charge in [-0.25, -0.2) is 0 Å². The van der Waals surface area contributed by atoms with Crippen molar-refractivity contribution in [3.63, 3.8) is 0 Å². The lowest BCUT2D eigenvalue weighted by Crippen LogP contribution is -2.05. The molecular weight excluding hydrogens is 376 g/mol. The van der Waals surface area contributed by atoms with Gasteiger partial charge >= 0.3 is 0 Å². The van der Waals surface area contributed by atoms with Gasteiger partial charge in [-0.3, -0.25) is 4.57 Å². The first-order valence-electron chi connectivity index (χ1n) is 13.0. The molecule has 172 valence electrons. The molecule has 1 heterocycles. The average Bonchev–Trinajstić information content (AvgIpc) is 3.02. The van der Waals surface area contributed by atoms with Gasteiger partial charge in [0.15, 0.2) is 6.19 Å². The number of nitriles is 1. The molecule has 0 aliphatic rings. The minimum Gasteiger partial charge on any atom is -0.251 e. The summed E-state index contributed by atoms with van der Waals surface area (Å²) < 4.78 is 1.92. The molecule has 0 atom stereocenters. The maximum absolute atomic E-state index is 9.98. The SMILES string of the molecule is CCCCCCCCc1c(C)c(C)c2c(C)c(C)n(C#N)c2c1CCCCCCCC. The fourth-order valence-electron chi connectivity index (χ4n) is 5.23. The highest BCUT2D eigenvalue weighted by molar-refractivity contribution is 5.93. The quantitative estimate of drug-likeness (QED) is 0.279. The van der Waals surface area contributed by atoms with Gasteiger partial charge in [0.2, 0.25) is 0 Å². The smallest absolute Gasteiger partial charge is 0.189 e. The second-order valence-electron chi connectivity index (χ2n) is 9.61. The predicted molar refractivity (Wildman–Crippen MR) is 136 cm³/mol. The fraction of sp³-hybridized carbons (Fsp3) is 0.690. The number of fused-ring (bicyclic) bond motifs is 1. The lowest BCUT2D eigenvalue weighted by molar-refractivity contribution is 0.599. The van der Waals surface area contributed by atoms with E-state index in [4.69, 9.17) is 0 Å². The molecule has 0 fully saturated rings. The molecule has 0 saturated heterocycles. The van der Waals surface area contributed by atoms with E-state index in [1.165, 1.54) is 110 Å². The summed E-state index contributed by atoms with van der Waals surface area (Å²) in [5.74, 6) is 0. The molecule has 1 aromatic carbocycles. The number of nitrogens with zero attached hydrogens (tertiary/aromatic N) is 2. The number of hydrogen-bond acceptors (Lipinski definition) is 1. The lowest BCUT2D eigenvalue weighted by atomic mass is 9.87. The molecule has 0 radical (unpaired) electrons. The van der Waals surface area contributed by atoms with Gasteiger partial charge in [-0.1, -0.05) is 78.1 Å². The topological polar surface area (TPSA) is 28.7 Å².